The van der Waals surface area contributed by atoms with Crippen molar-refractivity contribution < 1.29 is 4.39 Å². The van der Waals surface area contributed by atoms with Crippen molar-refractivity contribution in [1.29, 1.82) is 0 Å². The van der Waals surface area contributed by atoms with Crippen LogP contribution in [-0.2, 0) is 0 Å². The lowest BCUT2D eigenvalue weighted by molar-refractivity contribution is 0.643. The Bertz CT molecular complexity index is 499. The van der Waals surface area contributed by atoms with E-state index in [4.69, 9.17) is 5.73 Å². The third kappa shape index (κ3) is 0.937. The molecule has 0 atom stereocenters. The Labute approximate surface area is 80.3 Å². The van der Waals surface area contributed by atoms with E-state index in [2.05, 4.69) is 5.10 Å². The van der Waals surface area contributed by atoms with E-state index in [-0.39, 0.29) is 11.5 Å². The summed E-state index contributed by atoms with van der Waals surface area (Å²) >= 11 is 0. The van der Waals surface area contributed by atoms with Gasteiger partial charge < -0.3 is 5.73 Å². The molecule has 1 heterocycles. The summed E-state index contributed by atoms with van der Waals surface area (Å²) in [5, 5.41) is 4.71. The second kappa shape index (κ2) is 2.47. The van der Waals surface area contributed by atoms with E-state index < -0.39 is 0 Å². The predicted octanol–water partition coefficient (Wildman–Crippen LogP) is 2.09. The van der Waals surface area contributed by atoms with Crippen LogP contribution in [0.3, 0.4) is 0 Å². The van der Waals surface area contributed by atoms with Gasteiger partial charge in [-0.1, -0.05) is 0 Å². The van der Waals surface area contributed by atoms with Gasteiger partial charge in [-0.15, -0.1) is 0 Å². The molecular formula is C10H10FN3. The van der Waals surface area contributed by atoms with Crippen molar-refractivity contribution in [3.05, 3.63) is 24.1 Å². The zero-order chi connectivity index (χ0) is 9.71. The van der Waals surface area contributed by atoms with Crippen LogP contribution >= 0.6 is 0 Å². The summed E-state index contributed by atoms with van der Waals surface area (Å²) in [5.41, 5.74) is 6.51. The highest BCUT2D eigenvalue weighted by Crippen LogP contribution is 2.37. The van der Waals surface area contributed by atoms with Gasteiger partial charge in [-0.25, -0.2) is 4.39 Å². The van der Waals surface area contributed by atoms with Gasteiger partial charge in [-0.05, 0) is 25.0 Å². The number of benzene rings is 1. The second-order valence-corrected chi connectivity index (χ2v) is 3.72. The summed E-state index contributed by atoms with van der Waals surface area (Å²) in [6.45, 7) is 0. The molecule has 1 aliphatic rings. The fraction of sp³-hybridized carbons (Fsp3) is 0.300. The molecule has 4 heteroatoms. The SMILES string of the molecule is Nc1ccc2c(cnn2C2CC2)c1F. The lowest BCUT2D eigenvalue weighted by atomic mass is 10.2. The Kier molecular flexibility index (Phi) is 1.37. The number of hydrogen-bond acceptors (Lipinski definition) is 2. The Balaban J connectivity index is 2.31. The predicted molar refractivity (Wildman–Crippen MR) is 52.4 cm³/mol. The van der Waals surface area contributed by atoms with Crippen molar-refractivity contribution >= 4 is 16.6 Å². The maximum atomic E-state index is 13.5. The van der Waals surface area contributed by atoms with Crippen LogP contribution in [0.5, 0.6) is 0 Å². The summed E-state index contributed by atoms with van der Waals surface area (Å²) in [6, 6.07) is 3.90. The minimum atomic E-state index is -0.352. The Hall–Kier alpha value is -1.58. The molecule has 0 saturated heterocycles. The fourth-order valence-electron chi connectivity index (χ4n) is 1.71. The third-order valence-corrected chi connectivity index (χ3v) is 2.64. The molecule has 2 aromatic rings. The average molecular weight is 191 g/mol. The van der Waals surface area contributed by atoms with E-state index in [9.17, 15) is 4.39 Å². The molecular weight excluding hydrogens is 181 g/mol. The first-order valence-electron chi connectivity index (χ1n) is 4.68. The van der Waals surface area contributed by atoms with Gasteiger partial charge in [0.1, 0.15) is 0 Å². The standard InChI is InChI=1S/C10H10FN3/c11-10-7-5-13-14(6-1-2-6)9(7)4-3-8(10)12/h3-6H,1-2,12H2. The number of nitrogens with two attached hydrogens (primary N) is 1. The van der Waals surface area contributed by atoms with Gasteiger partial charge in [-0.2, -0.15) is 5.10 Å². The number of nitrogens with zero attached hydrogens (tertiary/aromatic N) is 2. The number of fused-ring (bicyclic) bond motifs is 1. The van der Waals surface area contributed by atoms with E-state index in [0.717, 1.165) is 18.4 Å². The van der Waals surface area contributed by atoms with Crippen molar-refractivity contribution in [2.75, 3.05) is 5.73 Å². The number of anilines is 1. The van der Waals surface area contributed by atoms with Gasteiger partial charge in [-0.3, -0.25) is 4.68 Å². The maximum absolute atomic E-state index is 13.5. The van der Waals surface area contributed by atoms with Crippen LogP contribution in [0, 0.1) is 5.82 Å². The zero-order valence-electron chi connectivity index (χ0n) is 7.57. The smallest absolute Gasteiger partial charge is 0.157 e. The van der Waals surface area contributed by atoms with Crippen molar-refractivity contribution in [3.8, 4) is 0 Å². The Morgan fingerprint density at radius 2 is 2.21 bits per heavy atom. The highest BCUT2D eigenvalue weighted by molar-refractivity contribution is 5.83. The molecule has 3 rings (SSSR count). The molecule has 14 heavy (non-hydrogen) atoms. The molecule has 1 aromatic heterocycles. The van der Waals surface area contributed by atoms with Gasteiger partial charge in [0, 0.05) is 0 Å². The third-order valence-electron chi connectivity index (χ3n) is 2.64. The Morgan fingerprint density at radius 1 is 1.43 bits per heavy atom. The molecule has 72 valence electrons. The summed E-state index contributed by atoms with van der Waals surface area (Å²) in [4.78, 5) is 0. The van der Waals surface area contributed by atoms with Gasteiger partial charge >= 0.3 is 0 Å². The second-order valence-electron chi connectivity index (χ2n) is 3.72. The van der Waals surface area contributed by atoms with Crippen LogP contribution in [-0.4, -0.2) is 9.78 Å². The monoisotopic (exact) mass is 191 g/mol. The topological polar surface area (TPSA) is 43.8 Å². The number of halogens is 1. The molecule has 0 radical (unpaired) electrons. The van der Waals surface area contributed by atoms with Crippen LogP contribution in [0.4, 0.5) is 10.1 Å². The summed E-state index contributed by atoms with van der Waals surface area (Å²) in [5.74, 6) is -0.352. The largest absolute Gasteiger partial charge is 0.396 e. The number of hydrogen-bond donors (Lipinski definition) is 1. The molecule has 2 N–H and O–H groups in total. The number of nitrogen functional groups attached to an aromatic ring is 1. The molecule has 0 aliphatic heterocycles. The number of aromatic nitrogens is 2. The van der Waals surface area contributed by atoms with Gasteiger partial charge in [0.2, 0.25) is 0 Å². The van der Waals surface area contributed by atoms with Crippen molar-refractivity contribution in [2.24, 2.45) is 0 Å². The summed E-state index contributed by atoms with van der Waals surface area (Å²) < 4.78 is 15.4. The van der Waals surface area contributed by atoms with E-state index in [1.807, 2.05) is 10.7 Å². The molecule has 0 amide bonds. The summed E-state index contributed by atoms with van der Waals surface area (Å²) in [6.07, 6.45) is 3.84. The van der Waals surface area contributed by atoms with Crippen LogP contribution < -0.4 is 5.73 Å². The van der Waals surface area contributed by atoms with Crippen molar-refractivity contribution in [1.82, 2.24) is 9.78 Å². The van der Waals surface area contributed by atoms with Crippen LogP contribution in [0.15, 0.2) is 18.3 Å². The van der Waals surface area contributed by atoms with Crippen molar-refractivity contribution in [3.63, 3.8) is 0 Å². The average Bonchev–Trinajstić information content (AvgIpc) is 2.93. The Morgan fingerprint density at radius 3 is 2.93 bits per heavy atom. The molecule has 0 bridgehead atoms. The van der Waals surface area contributed by atoms with Crippen LogP contribution in [0.2, 0.25) is 0 Å². The first-order chi connectivity index (χ1) is 6.77. The molecule has 3 nitrogen and oxygen atoms in total. The minimum Gasteiger partial charge on any atom is -0.396 e. The van der Waals surface area contributed by atoms with Crippen LogP contribution in [0.25, 0.3) is 10.9 Å². The van der Waals surface area contributed by atoms with Gasteiger partial charge in [0.15, 0.2) is 5.82 Å². The highest BCUT2D eigenvalue weighted by Gasteiger charge is 2.26. The quantitative estimate of drug-likeness (QED) is 0.701. The van der Waals surface area contributed by atoms with Crippen LogP contribution in [0.1, 0.15) is 18.9 Å². The molecule has 0 spiro atoms. The molecule has 0 unspecified atom stereocenters. The van der Waals surface area contributed by atoms with E-state index >= 15 is 0 Å². The first kappa shape index (κ1) is 7.79. The van der Waals surface area contributed by atoms with E-state index in [1.165, 1.54) is 0 Å². The fourth-order valence-corrected chi connectivity index (χ4v) is 1.71. The molecule has 1 saturated carbocycles. The molecule has 1 aliphatic carbocycles. The first-order valence-corrected chi connectivity index (χ1v) is 4.68. The zero-order valence-corrected chi connectivity index (χ0v) is 7.57. The van der Waals surface area contributed by atoms with Gasteiger partial charge in [0.25, 0.3) is 0 Å². The lowest BCUT2D eigenvalue weighted by Crippen LogP contribution is -1.96. The van der Waals surface area contributed by atoms with Crippen molar-refractivity contribution in [2.45, 2.75) is 18.9 Å². The molecule has 1 fully saturated rings. The highest BCUT2D eigenvalue weighted by atomic mass is 19.1. The minimum absolute atomic E-state index is 0.188. The summed E-state index contributed by atoms with van der Waals surface area (Å²) in [7, 11) is 0. The number of rotatable bonds is 1. The van der Waals surface area contributed by atoms with Gasteiger partial charge in [0.05, 0.1) is 28.8 Å². The normalized spacial score (nSPS) is 16.4. The molecule has 1 aromatic carbocycles. The van der Waals surface area contributed by atoms with E-state index in [0.29, 0.717) is 11.4 Å². The maximum Gasteiger partial charge on any atom is 0.157 e. The van der Waals surface area contributed by atoms with E-state index in [1.54, 1.807) is 12.3 Å². The lowest BCUT2D eigenvalue weighted by Gasteiger charge is -2.01.